The summed E-state index contributed by atoms with van der Waals surface area (Å²) in [5.41, 5.74) is -0.417. The van der Waals surface area contributed by atoms with Crippen molar-refractivity contribution in [2.75, 3.05) is 26.3 Å². The molecule has 2 aliphatic heterocycles. The Morgan fingerprint density at radius 2 is 2.18 bits per heavy atom. The molecule has 0 radical (unpaired) electrons. The first-order chi connectivity index (χ1) is 10.4. The minimum Gasteiger partial charge on any atom is -0.444 e. The fraction of sp³-hybridized carbons (Fsp3) is 0.941. The minimum atomic E-state index is -0.417. The van der Waals surface area contributed by atoms with Crippen molar-refractivity contribution in [3.63, 3.8) is 0 Å². The van der Waals surface area contributed by atoms with Gasteiger partial charge in [0, 0.05) is 25.2 Å². The summed E-state index contributed by atoms with van der Waals surface area (Å²) >= 11 is 0. The monoisotopic (exact) mass is 312 g/mol. The zero-order valence-electron chi connectivity index (χ0n) is 14.6. The van der Waals surface area contributed by atoms with Gasteiger partial charge in [0.2, 0.25) is 0 Å². The van der Waals surface area contributed by atoms with Gasteiger partial charge in [-0.15, -0.1) is 0 Å². The van der Waals surface area contributed by atoms with Gasteiger partial charge in [-0.3, -0.25) is 0 Å². The van der Waals surface area contributed by atoms with E-state index in [0.717, 1.165) is 52.0 Å². The number of ether oxygens (including phenoxy) is 2. The first-order valence-corrected chi connectivity index (χ1v) is 8.67. The number of amides is 1. The third-order valence-corrected chi connectivity index (χ3v) is 4.62. The third kappa shape index (κ3) is 5.13. The summed E-state index contributed by atoms with van der Waals surface area (Å²) in [6.45, 7) is 11.5. The van der Waals surface area contributed by atoms with Crippen LogP contribution in [-0.2, 0) is 9.47 Å². The Balaban J connectivity index is 1.73. The average Bonchev–Trinajstić information content (AvgIpc) is 3.08. The van der Waals surface area contributed by atoms with Crippen LogP contribution >= 0.6 is 0 Å². The predicted octanol–water partition coefficient (Wildman–Crippen LogP) is 2.79. The number of carbonyl (C=O) groups excluding carboxylic acids is 1. The van der Waals surface area contributed by atoms with Crippen molar-refractivity contribution in [3.8, 4) is 0 Å². The maximum Gasteiger partial charge on any atom is 0.410 e. The van der Waals surface area contributed by atoms with Crippen LogP contribution in [0.4, 0.5) is 4.79 Å². The van der Waals surface area contributed by atoms with Gasteiger partial charge in [-0.05, 0) is 65.8 Å². The van der Waals surface area contributed by atoms with Crippen molar-refractivity contribution in [1.29, 1.82) is 0 Å². The molecule has 2 heterocycles. The van der Waals surface area contributed by atoms with E-state index in [-0.39, 0.29) is 6.09 Å². The first kappa shape index (κ1) is 17.5. The molecule has 22 heavy (non-hydrogen) atoms. The van der Waals surface area contributed by atoms with Gasteiger partial charge in [0.25, 0.3) is 0 Å². The fourth-order valence-electron chi connectivity index (χ4n) is 3.29. The molecule has 0 aliphatic carbocycles. The molecule has 5 heteroatoms. The van der Waals surface area contributed by atoms with E-state index in [1.165, 1.54) is 0 Å². The van der Waals surface area contributed by atoms with Crippen LogP contribution in [0.1, 0.15) is 53.4 Å². The topological polar surface area (TPSA) is 50.8 Å². The summed E-state index contributed by atoms with van der Waals surface area (Å²) in [5, 5.41) is 3.60. The van der Waals surface area contributed by atoms with Crippen molar-refractivity contribution in [3.05, 3.63) is 0 Å². The van der Waals surface area contributed by atoms with Gasteiger partial charge in [0.15, 0.2) is 0 Å². The summed E-state index contributed by atoms with van der Waals surface area (Å²) in [6, 6.07) is 0.799. The van der Waals surface area contributed by atoms with Gasteiger partial charge in [-0.25, -0.2) is 4.79 Å². The molecule has 0 aromatic rings. The Kier molecular flexibility index (Phi) is 6.09. The molecular weight excluding hydrogens is 280 g/mol. The number of nitrogens with zero attached hydrogens (tertiary/aromatic N) is 1. The lowest BCUT2D eigenvalue weighted by atomic mass is 10.0. The Hall–Kier alpha value is -0.810. The van der Waals surface area contributed by atoms with Crippen molar-refractivity contribution in [2.24, 2.45) is 5.92 Å². The molecule has 2 saturated heterocycles. The summed E-state index contributed by atoms with van der Waals surface area (Å²) in [7, 11) is 0. The van der Waals surface area contributed by atoms with E-state index < -0.39 is 5.60 Å². The number of likely N-dealkylation sites (tertiary alicyclic amines) is 1. The lowest BCUT2D eigenvalue weighted by Gasteiger charge is -2.29. The molecule has 0 aromatic heterocycles. The molecular formula is C17H32N2O3. The van der Waals surface area contributed by atoms with Crippen LogP contribution in [0.15, 0.2) is 0 Å². The standard InChI is InChI=1S/C17H32N2O3/c1-13(14-8-11-21-12-14)18-9-7-15-6-5-10-19(15)16(20)22-17(2,3)4/h13-15,18H,5-12H2,1-4H3. The van der Waals surface area contributed by atoms with E-state index in [0.29, 0.717) is 18.0 Å². The van der Waals surface area contributed by atoms with Crippen molar-refractivity contribution >= 4 is 6.09 Å². The summed E-state index contributed by atoms with van der Waals surface area (Å²) < 4.78 is 11.0. The number of nitrogens with one attached hydrogen (secondary N) is 1. The number of hydrogen-bond donors (Lipinski definition) is 1. The van der Waals surface area contributed by atoms with E-state index in [1.54, 1.807) is 0 Å². The molecule has 3 atom stereocenters. The number of carbonyl (C=O) groups is 1. The Labute approximate surface area is 134 Å². The highest BCUT2D eigenvalue weighted by Gasteiger charge is 2.32. The SMILES string of the molecule is CC(NCCC1CCCN1C(=O)OC(C)(C)C)C1CCOC1. The second-order valence-electron chi connectivity index (χ2n) is 7.62. The minimum absolute atomic E-state index is 0.160. The van der Waals surface area contributed by atoms with Crippen molar-refractivity contribution < 1.29 is 14.3 Å². The van der Waals surface area contributed by atoms with E-state index >= 15 is 0 Å². The number of hydrogen-bond acceptors (Lipinski definition) is 4. The number of rotatable bonds is 5. The predicted molar refractivity (Wildman–Crippen MR) is 87.0 cm³/mol. The van der Waals surface area contributed by atoms with Gasteiger partial charge in [-0.2, -0.15) is 0 Å². The van der Waals surface area contributed by atoms with E-state index in [1.807, 2.05) is 25.7 Å². The highest BCUT2D eigenvalue weighted by Crippen LogP contribution is 2.23. The van der Waals surface area contributed by atoms with Crippen LogP contribution < -0.4 is 5.32 Å². The molecule has 0 spiro atoms. The Bertz CT molecular complexity index is 361. The van der Waals surface area contributed by atoms with Gasteiger partial charge in [0.05, 0.1) is 6.61 Å². The van der Waals surface area contributed by atoms with Crippen LogP contribution in [0.25, 0.3) is 0 Å². The molecule has 2 rings (SSSR count). The molecule has 0 bridgehead atoms. The average molecular weight is 312 g/mol. The molecule has 2 fully saturated rings. The molecule has 2 aliphatic rings. The molecule has 3 unspecified atom stereocenters. The summed E-state index contributed by atoms with van der Waals surface area (Å²) in [5.74, 6) is 0.630. The van der Waals surface area contributed by atoms with Crippen LogP contribution in [0.5, 0.6) is 0 Å². The van der Waals surface area contributed by atoms with E-state index in [9.17, 15) is 4.79 Å². The van der Waals surface area contributed by atoms with Gasteiger partial charge < -0.3 is 19.7 Å². The molecule has 1 amide bonds. The third-order valence-electron chi connectivity index (χ3n) is 4.62. The summed E-state index contributed by atoms with van der Waals surface area (Å²) in [6.07, 6.45) is 4.16. The van der Waals surface area contributed by atoms with Crippen LogP contribution in [0.2, 0.25) is 0 Å². The molecule has 1 N–H and O–H groups in total. The van der Waals surface area contributed by atoms with Gasteiger partial charge in [-0.1, -0.05) is 0 Å². The second-order valence-corrected chi connectivity index (χ2v) is 7.62. The van der Waals surface area contributed by atoms with Gasteiger partial charge >= 0.3 is 6.09 Å². The normalized spacial score (nSPS) is 27.2. The van der Waals surface area contributed by atoms with Crippen molar-refractivity contribution in [2.45, 2.75) is 71.1 Å². The molecule has 5 nitrogen and oxygen atoms in total. The van der Waals surface area contributed by atoms with Crippen LogP contribution in [0, 0.1) is 5.92 Å². The van der Waals surface area contributed by atoms with Gasteiger partial charge in [0.1, 0.15) is 5.60 Å². The molecule has 128 valence electrons. The molecule has 0 aromatic carbocycles. The Morgan fingerprint density at radius 3 is 2.82 bits per heavy atom. The summed E-state index contributed by atoms with van der Waals surface area (Å²) in [4.78, 5) is 14.2. The maximum absolute atomic E-state index is 12.2. The smallest absolute Gasteiger partial charge is 0.410 e. The van der Waals surface area contributed by atoms with Crippen molar-refractivity contribution in [1.82, 2.24) is 10.2 Å². The lowest BCUT2D eigenvalue weighted by Crippen LogP contribution is -2.42. The first-order valence-electron chi connectivity index (χ1n) is 8.67. The van der Waals surface area contributed by atoms with Crippen LogP contribution in [0.3, 0.4) is 0 Å². The lowest BCUT2D eigenvalue weighted by molar-refractivity contribution is 0.0220. The fourth-order valence-corrected chi connectivity index (χ4v) is 3.29. The largest absolute Gasteiger partial charge is 0.444 e. The highest BCUT2D eigenvalue weighted by molar-refractivity contribution is 5.68. The van der Waals surface area contributed by atoms with Crippen LogP contribution in [-0.4, -0.2) is 55.0 Å². The quantitative estimate of drug-likeness (QED) is 0.848. The molecule has 0 saturated carbocycles. The Morgan fingerprint density at radius 1 is 1.41 bits per heavy atom. The highest BCUT2D eigenvalue weighted by atomic mass is 16.6. The second kappa shape index (κ2) is 7.64. The van der Waals surface area contributed by atoms with E-state index in [4.69, 9.17) is 9.47 Å². The van der Waals surface area contributed by atoms with E-state index in [2.05, 4.69) is 12.2 Å². The zero-order valence-corrected chi connectivity index (χ0v) is 14.6. The zero-order chi connectivity index (χ0) is 16.2. The maximum atomic E-state index is 12.2.